The summed E-state index contributed by atoms with van der Waals surface area (Å²) in [7, 11) is 7.07. The summed E-state index contributed by atoms with van der Waals surface area (Å²) < 4.78 is 16.4. The molecule has 0 aromatic heterocycles. The van der Waals surface area contributed by atoms with Gasteiger partial charge in [0.1, 0.15) is 17.2 Å². The quantitative estimate of drug-likeness (QED) is 0.774. The Hall–Kier alpha value is -1.17. The highest BCUT2D eigenvalue weighted by molar-refractivity contribution is 5.85. The van der Waals surface area contributed by atoms with Gasteiger partial charge in [0.05, 0.1) is 26.9 Å². The second-order valence-corrected chi connectivity index (χ2v) is 6.12. The van der Waals surface area contributed by atoms with E-state index in [1.807, 2.05) is 19.2 Å². The Bertz CT molecular complexity index is 466. The number of ether oxygens (including phenoxy) is 3. The minimum Gasteiger partial charge on any atom is -0.496 e. The van der Waals surface area contributed by atoms with E-state index in [0.717, 1.165) is 54.9 Å². The molecule has 6 heteroatoms. The van der Waals surface area contributed by atoms with E-state index in [1.54, 1.807) is 21.3 Å². The third-order valence-corrected chi connectivity index (χ3v) is 4.71. The Morgan fingerprint density at radius 1 is 1.04 bits per heavy atom. The van der Waals surface area contributed by atoms with Crippen LogP contribution in [0.3, 0.4) is 0 Å². The molecule has 0 atom stereocenters. The van der Waals surface area contributed by atoms with Gasteiger partial charge in [-0.25, -0.2) is 0 Å². The molecule has 1 aliphatic heterocycles. The summed E-state index contributed by atoms with van der Waals surface area (Å²) in [5.41, 5.74) is 1.10. The van der Waals surface area contributed by atoms with Crippen LogP contribution in [0.2, 0.25) is 0 Å². The lowest BCUT2D eigenvalue weighted by atomic mass is 9.93. The van der Waals surface area contributed by atoms with Gasteiger partial charge < -0.3 is 19.5 Å². The fraction of sp³-hybridized carbons (Fsp3) is 0.667. The Balaban J connectivity index is 0.00000288. The molecule has 2 rings (SSSR count). The number of hydrogen-bond donors (Lipinski definition) is 1. The van der Waals surface area contributed by atoms with Crippen molar-refractivity contribution in [2.24, 2.45) is 5.92 Å². The Morgan fingerprint density at radius 3 is 2.08 bits per heavy atom. The summed E-state index contributed by atoms with van der Waals surface area (Å²) in [5.74, 6) is 3.27. The Kier molecular flexibility index (Phi) is 9.26. The van der Waals surface area contributed by atoms with Gasteiger partial charge in [-0.1, -0.05) is 0 Å². The van der Waals surface area contributed by atoms with Crippen LogP contribution in [0, 0.1) is 5.92 Å². The van der Waals surface area contributed by atoms with Crippen molar-refractivity contribution in [2.75, 3.05) is 48.0 Å². The van der Waals surface area contributed by atoms with Crippen molar-refractivity contribution >= 4 is 12.4 Å². The number of rotatable bonds is 8. The van der Waals surface area contributed by atoms with Crippen molar-refractivity contribution in [3.63, 3.8) is 0 Å². The van der Waals surface area contributed by atoms with Crippen LogP contribution in [-0.4, -0.2) is 52.9 Å². The lowest BCUT2D eigenvalue weighted by Crippen LogP contribution is -2.34. The van der Waals surface area contributed by atoms with Gasteiger partial charge in [-0.3, -0.25) is 4.90 Å². The van der Waals surface area contributed by atoms with Crippen LogP contribution in [0.4, 0.5) is 0 Å². The van der Waals surface area contributed by atoms with E-state index in [1.165, 1.54) is 19.3 Å². The molecule has 1 N–H and O–H groups in total. The molecule has 1 aromatic carbocycles. The van der Waals surface area contributed by atoms with Crippen molar-refractivity contribution in [2.45, 2.75) is 25.8 Å². The molecular formula is C18H31ClN2O3. The fourth-order valence-electron chi connectivity index (χ4n) is 3.24. The second-order valence-electron chi connectivity index (χ2n) is 6.12. The van der Waals surface area contributed by atoms with Crippen LogP contribution >= 0.6 is 12.4 Å². The zero-order valence-corrected chi connectivity index (χ0v) is 16.1. The summed E-state index contributed by atoms with van der Waals surface area (Å²) in [6, 6.07) is 3.86. The standard InChI is InChI=1S/C18H30N2O3.ClH/c1-19-8-5-14-6-9-20(10-7-14)13-16-17(22-3)11-15(21-2)12-18(16)23-4;/h11-12,14,19H,5-10,13H2,1-4H3;1H. The number of methoxy groups -OCH3 is 3. The normalized spacial score (nSPS) is 15.7. The first-order valence-corrected chi connectivity index (χ1v) is 8.37. The molecule has 1 aromatic rings. The monoisotopic (exact) mass is 358 g/mol. The predicted octanol–water partition coefficient (Wildman–Crippen LogP) is 2.96. The number of hydrogen-bond acceptors (Lipinski definition) is 5. The zero-order chi connectivity index (χ0) is 16.7. The maximum atomic E-state index is 5.55. The molecule has 24 heavy (non-hydrogen) atoms. The fourth-order valence-corrected chi connectivity index (χ4v) is 3.24. The van der Waals surface area contributed by atoms with Crippen molar-refractivity contribution in [1.29, 1.82) is 0 Å². The van der Waals surface area contributed by atoms with Crippen molar-refractivity contribution < 1.29 is 14.2 Å². The average molecular weight is 359 g/mol. The molecule has 0 unspecified atom stereocenters. The molecule has 0 saturated carbocycles. The first-order valence-electron chi connectivity index (χ1n) is 8.37. The highest BCUT2D eigenvalue weighted by Gasteiger charge is 2.22. The van der Waals surface area contributed by atoms with Gasteiger partial charge in [0, 0.05) is 18.7 Å². The molecule has 1 heterocycles. The molecule has 1 saturated heterocycles. The smallest absolute Gasteiger partial charge is 0.130 e. The largest absolute Gasteiger partial charge is 0.496 e. The van der Waals surface area contributed by atoms with Crippen LogP contribution < -0.4 is 19.5 Å². The van der Waals surface area contributed by atoms with Gasteiger partial charge in [-0.15, -0.1) is 12.4 Å². The van der Waals surface area contributed by atoms with E-state index >= 15 is 0 Å². The number of halogens is 1. The molecule has 0 amide bonds. The molecule has 0 spiro atoms. The molecule has 0 bridgehead atoms. The maximum Gasteiger partial charge on any atom is 0.130 e. The lowest BCUT2D eigenvalue weighted by molar-refractivity contribution is 0.169. The molecular weight excluding hydrogens is 328 g/mol. The van der Waals surface area contributed by atoms with E-state index in [4.69, 9.17) is 14.2 Å². The third kappa shape index (κ3) is 5.43. The van der Waals surface area contributed by atoms with E-state index in [-0.39, 0.29) is 12.4 Å². The second kappa shape index (κ2) is 10.6. The van der Waals surface area contributed by atoms with E-state index < -0.39 is 0 Å². The number of nitrogens with zero attached hydrogens (tertiary/aromatic N) is 1. The highest BCUT2D eigenvalue weighted by Crippen LogP contribution is 2.35. The molecule has 5 nitrogen and oxygen atoms in total. The van der Waals surface area contributed by atoms with E-state index in [0.29, 0.717) is 0 Å². The highest BCUT2D eigenvalue weighted by atomic mass is 35.5. The van der Waals surface area contributed by atoms with Crippen molar-refractivity contribution in [3.05, 3.63) is 17.7 Å². The zero-order valence-electron chi connectivity index (χ0n) is 15.3. The van der Waals surface area contributed by atoms with Crippen LogP contribution in [0.15, 0.2) is 12.1 Å². The van der Waals surface area contributed by atoms with Gasteiger partial charge in [0.25, 0.3) is 0 Å². The van der Waals surface area contributed by atoms with Gasteiger partial charge in [0.2, 0.25) is 0 Å². The Morgan fingerprint density at radius 2 is 1.62 bits per heavy atom. The number of piperidine rings is 1. The molecule has 1 aliphatic rings. The lowest BCUT2D eigenvalue weighted by Gasteiger charge is -2.32. The van der Waals surface area contributed by atoms with Gasteiger partial charge in [-0.2, -0.15) is 0 Å². The number of nitrogens with one attached hydrogen (secondary N) is 1. The summed E-state index contributed by atoms with van der Waals surface area (Å²) in [4.78, 5) is 2.49. The maximum absolute atomic E-state index is 5.55. The molecule has 0 aliphatic carbocycles. The summed E-state index contributed by atoms with van der Waals surface area (Å²) >= 11 is 0. The van der Waals surface area contributed by atoms with Crippen molar-refractivity contribution in [3.8, 4) is 17.2 Å². The molecule has 138 valence electrons. The average Bonchev–Trinajstić information content (AvgIpc) is 2.61. The van der Waals surface area contributed by atoms with Gasteiger partial charge in [-0.05, 0) is 51.9 Å². The van der Waals surface area contributed by atoms with Crippen molar-refractivity contribution in [1.82, 2.24) is 10.2 Å². The SMILES string of the molecule is CNCCC1CCN(Cc2c(OC)cc(OC)cc2OC)CC1.Cl. The summed E-state index contributed by atoms with van der Waals surface area (Å²) in [6.45, 7) is 4.24. The topological polar surface area (TPSA) is 43.0 Å². The Labute approximate surface area is 152 Å². The predicted molar refractivity (Wildman–Crippen MR) is 99.9 cm³/mol. The number of likely N-dealkylation sites (tertiary alicyclic amines) is 1. The molecule has 0 radical (unpaired) electrons. The van der Waals surface area contributed by atoms with Gasteiger partial charge in [0.15, 0.2) is 0 Å². The van der Waals surface area contributed by atoms with Crippen LogP contribution in [0.1, 0.15) is 24.8 Å². The summed E-state index contributed by atoms with van der Waals surface area (Å²) in [6.07, 6.45) is 3.81. The minimum atomic E-state index is 0. The molecule has 1 fully saturated rings. The van der Waals surface area contributed by atoms with Crippen LogP contribution in [0.25, 0.3) is 0 Å². The third-order valence-electron chi connectivity index (χ3n) is 4.71. The van der Waals surface area contributed by atoms with E-state index in [2.05, 4.69) is 10.2 Å². The van der Waals surface area contributed by atoms with Gasteiger partial charge >= 0.3 is 0 Å². The first kappa shape index (κ1) is 20.9. The first-order chi connectivity index (χ1) is 11.2. The van der Waals surface area contributed by atoms with Crippen LogP contribution in [-0.2, 0) is 6.54 Å². The minimum absolute atomic E-state index is 0. The number of benzene rings is 1. The summed E-state index contributed by atoms with van der Waals surface area (Å²) in [5, 5.41) is 3.25. The van der Waals surface area contributed by atoms with Crippen LogP contribution in [0.5, 0.6) is 17.2 Å². The van der Waals surface area contributed by atoms with E-state index in [9.17, 15) is 0 Å².